The standard InChI is InChI=1S/C23H25NO5/c1-14-11-17-5-4-15(13-22(26)27)12-20(17)29-19-8-9-21(24-23(14)19)28-10-2-3-18(25)16-6-7-16/h3-5,8-9,12,14,16,25H,2,6-7,10-11,13H2,1H3,(H,26,27)/b18-3+. The van der Waals surface area contributed by atoms with Gasteiger partial charge in [-0.2, -0.15) is 0 Å². The van der Waals surface area contributed by atoms with Crippen LogP contribution in [0.25, 0.3) is 0 Å². The van der Waals surface area contributed by atoms with E-state index in [-0.39, 0.29) is 12.3 Å². The number of carboxylic acids is 1. The first kappa shape index (κ1) is 19.3. The summed E-state index contributed by atoms with van der Waals surface area (Å²) >= 11 is 0. The molecule has 6 nitrogen and oxygen atoms in total. The minimum Gasteiger partial charge on any atom is -0.512 e. The molecule has 152 valence electrons. The van der Waals surface area contributed by atoms with Crippen molar-refractivity contribution in [1.29, 1.82) is 0 Å². The van der Waals surface area contributed by atoms with Crippen LogP contribution in [0.4, 0.5) is 0 Å². The van der Waals surface area contributed by atoms with Crippen molar-refractivity contribution in [2.45, 2.75) is 44.9 Å². The van der Waals surface area contributed by atoms with Gasteiger partial charge in [0.25, 0.3) is 0 Å². The Balaban J connectivity index is 1.46. The van der Waals surface area contributed by atoms with Crippen LogP contribution in [0.5, 0.6) is 17.4 Å². The zero-order valence-corrected chi connectivity index (χ0v) is 16.4. The molecule has 29 heavy (non-hydrogen) atoms. The first-order chi connectivity index (χ1) is 14.0. The summed E-state index contributed by atoms with van der Waals surface area (Å²) < 4.78 is 11.9. The highest BCUT2D eigenvalue weighted by Crippen LogP contribution is 2.39. The summed E-state index contributed by atoms with van der Waals surface area (Å²) in [5.74, 6) is 2.00. The molecule has 1 saturated carbocycles. The smallest absolute Gasteiger partial charge is 0.307 e. The number of aromatic nitrogens is 1. The summed E-state index contributed by atoms with van der Waals surface area (Å²) in [7, 11) is 0. The monoisotopic (exact) mass is 395 g/mol. The van der Waals surface area contributed by atoms with Gasteiger partial charge < -0.3 is 19.7 Å². The van der Waals surface area contributed by atoms with Gasteiger partial charge in [-0.05, 0) is 48.6 Å². The van der Waals surface area contributed by atoms with Crippen LogP contribution in [0.3, 0.4) is 0 Å². The largest absolute Gasteiger partial charge is 0.512 e. The Kier molecular flexibility index (Phi) is 5.43. The van der Waals surface area contributed by atoms with Gasteiger partial charge in [-0.15, -0.1) is 0 Å². The third kappa shape index (κ3) is 4.70. The van der Waals surface area contributed by atoms with Crippen LogP contribution in [-0.2, 0) is 17.6 Å². The van der Waals surface area contributed by atoms with Crippen molar-refractivity contribution in [3.8, 4) is 17.4 Å². The summed E-state index contributed by atoms with van der Waals surface area (Å²) in [6.45, 7) is 2.55. The molecule has 2 heterocycles. The van der Waals surface area contributed by atoms with Crippen LogP contribution in [0.15, 0.2) is 42.2 Å². The van der Waals surface area contributed by atoms with E-state index in [1.807, 2.05) is 24.3 Å². The zero-order valence-electron chi connectivity index (χ0n) is 16.4. The van der Waals surface area contributed by atoms with Crippen molar-refractivity contribution < 1.29 is 24.5 Å². The number of hydrogen-bond donors (Lipinski definition) is 2. The topological polar surface area (TPSA) is 88.9 Å². The third-order valence-electron chi connectivity index (χ3n) is 5.28. The molecule has 0 amide bonds. The van der Waals surface area contributed by atoms with E-state index in [0.717, 1.165) is 30.5 Å². The second-order valence-corrected chi connectivity index (χ2v) is 7.79. The fourth-order valence-electron chi connectivity index (χ4n) is 3.57. The molecular weight excluding hydrogens is 370 g/mol. The first-order valence-electron chi connectivity index (χ1n) is 10.0. The van der Waals surface area contributed by atoms with Crippen molar-refractivity contribution in [2.24, 2.45) is 5.92 Å². The summed E-state index contributed by atoms with van der Waals surface area (Å²) in [6, 6.07) is 9.21. The summed E-state index contributed by atoms with van der Waals surface area (Å²) in [6.07, 6.45) is 5.35. The summed E-state index contributed by atoms with van der Waals surface area (Å²) in [5.41, 5.74) is 2.57. The molecule has 4 rings (SSSR count). The van der Waals surface area contributed by atoms with E-state index in [1.54, 1.807) is 12.1 Å². The number of allylic oxidation sites excluding steroid dienone is 1. The lowest BCUT2D eigenvalue weighted by Gasteiger charge is -2.12. The molecule has 2 aromatic rings. The highest BCUT2D eigenvalue weighted by atomic mass is 16.5. The van der Waals surface area contributed by atoms with Crippen LogP contribution in [0.2, 0.25) is 0 Å². The number of carbonyl (C=O) groups is 1. The highest BCUT2D eigenvalue weighted by Gasteiger charge is 2.25. The zero-order chi connectivity index (χ0) is 20.4. The number of hydrogen-bond acceptors (Lipinski definition) is 5. The fraction of sp³-hybridized carbons (Fsp3) is 0.391. The maximum Gasteiger partial charge on any atom is 0.307 e. The molecule has 1 aromatic carbocycles. The van der Waals surface area contributed by atoms with Crippen molar-refractivity contribution in [3.05, 3.63) is 59.0 Å². The van der Waals surface area contributed by atoms with Crippen LogP contribution < -0.4 is 9.47 Å². The Labute approximate surface area is 169 Å². The van der Waals surface area contributed by atoms with Crippen molar-refractivity contribution in [2.75, 3.05) is 6.61 Å². The van der Waals surface area contributed by atoms with E-state index in [0.29, 0.717) is 47.6 Å². The van der Waals surface area contributed by atoms with Crippen LogP contribution >= 0.6 is 0 Å². The van der Waals surface area contributed by atoms with Gasteiger partial charge in [0.15, 0.2) is 0 Å². The predicted octanol–water partition coefficient (Wildman–Crippen LogP) is 4.78. The number of ether oxygens (including phenoxy) is 2. The Hall–Kier alpha value is -3.02. The maximum absolute atomic E-state index is 11.0. The van der Waals surface area contributed by atoms with E-state index in [4.69, 9.17) is 14.6 Å². The molecule has 1 fully saturated rings. The predicted molar refractivity (Wildman–Crippen MR) is 108 cm³/mol. The average Bonchev–Trinajstić information content (AvgIpc) is 3.53. The number of fused-ring (bicyclic) bond motifs is 2. The second-order valence-electron chi connectivity index (χ2n) is 7.79. The molecule has 1 aromatic heterocycles. The fourth-order valence-corrected chi connectivity index (χ4v) is 3.57. The number of benzene rings is 1. The lowest BCUT2D eigenvalue weighted by molar-refractivity contribution is -0.136. The SMILES string of the molecule is CC1Cc2ccc(CC(=O)O)cc2Oc2ccc(OCC/C=C(/O)C3CC3)nc21. The second kappa shape index (κ2) is 8.15. The van der Waals surface area contributed by atoms with Gasteiger partial charge in [-0.25, -0.2) is 4.98 Å². The summed E-state index contributed by atoms with van der Waals surface area (Å²) in [4.78, 5) is 15.6. The lowest BCUT2D eigenvalue weighted by Crippen LogP contribution is -2.04. The molecule has 1 unspecified atom stereocenters. The number of aliphatic carboxylic acids is 1. The van der Waals surface area contributed by atoms with Crippen molar-refractivity contribution in [3.63, 3.8) is 0 Å². The number of carboxylic acid groups (broad SMARTS) is 1. The van der Waals surface area contributed by atoms with E-state index in [1.165, 1.54) is 0 Å². The van der Waals surface area contributed by atoms with Gasteiger partial charge in [-0.3, -0.25) is 4.79 Å². The van der Waals surface area contributed by atoms with E-state index >= 15 is 0 Å². The maximum atomic E-state index is 11.0. The third-order valence-corrected chi connectivity index (χ3v) is 5.28. The molecule has 0 bridgehead atoms. The number of rotatable bonds is 7. The number of nitrogens with zero attached hydrogens (tertiary/aromatic N) is 1. The number of aliphatic hydroxyl groups is 1. The summed E-state index contributed by atoms with van der Waals surface area (Å²) in [5, 5.41) is 18.8. The highest BCUT2D eigenvalue weighted by molar-refractivity contribution is 5.70. The van der Waals surface area contributed by atoms with Gasteiger partial charge in [0, 0.05) is 24.3 Å². The molecule has 1 aliphatic heterocycles. The minimum absolute atomic E-state index is 0.0329. The Bertz CT molecular complexity index is 948. The van der Waals surface area contributed by atoms with E-state index < -0.39 is 5.97 Å². The van der Waals surface area contributed by atoms with Gasteiger partial charge in [0.1, 0.15) is 11.5 Å². The van der Waals surface area contributed by atoms with Gasteiger partial charge in [0.05, 0.1) is 24.5 Å². The number of pyridine rings is 1. The average molecular weight is 395 g/mol. The normalized spacial score (nSPS) is 18.2. The van der Waals surface area contributed by atoms with Gasteiger partial charge in [0.2, 0.25) is 5.88 Å². The molecule has 1 aliphatic carbocycles. The van der Waals surface area contributed by atoms with Crippen LogP contribution in [-0.4, -0.2) is 27.8 Å². The molecule has 6 heteroatoms. The van der Waals surface area contributed by atoms with E-state index in [9.17, 15) is 9.90 Å². The Morgan fingerprint density at radius 2 is 2.07 bits per heavy atom. The van der Waals surface area contributed by atoms with Crippen LogP contribution in [0, 0.1) is 5.92 Å². The molecule has 1 atom stereocenters. The van der Waals surface area contributed by atoms with E-state index in [2.05, 4.69) is 11.9 Å². The molecule has 2 N–H and O–H groups in total. The van der Waals surface area contributed by atoms with Crippen LogP contribution in [0.1, 0.15) is 48.9 Å². The number of aliphatic hydroxyl groups excluding tert-OH is 1. The Morgan fingerprint density at radius 1 is 1.24 bits per heavy atom. The molecule has 2 aliphatic rings. The molecule has 0 saturated heterocycles. The van der Waals surface area contributed by atoms with Gasteiger partial charge >= 0.3 is 5.97 Å². The minimum atomic E-state index is -0.865. The quantitative estimate of drug-likeness (QED) is 0.518. The van der Waals surface area contributed by atoms with Crippen molar-refractivity contribution >= 4 is 5.97 Å². The van der Waals surface area contributed by atoms with Crippen molar-refractivity contribution in [1.82, 2.24) is 4.98 Å². The lowest BCUT2D eigenvalue weighted by atomic mass is 9.96. The molecule has 0 spiro atoms. The molecule has 0 radical (unpaired) electrons. The van der Waals surface area contributed by atoms with Gasteiger partial charge in [-0.1, -0.05) is 19.1 Å². The Morgan fingerprint density at radius 3 is 2.83 bits per heavy atom. The molecular formula is C23H25NO5. The first-order valence-corrected chi connectivity index (χ1v) is 10.0.